The highest BCUT2D eigenvalue weighted by atomic mass is 16.5. The summed E-state index contributed by atoms with van der Waals surface area (Å²) in [5, 5.41) is 5.11. The van der Waals surface area contributed by atoms with Crippen molar-refractivity contribution in [2.75, 3.05) is 7.11 Å². The van der Waals surface area contributed by atoms with Crippen molar-refractivity contribution in [2.45, 2.75) is 57.8 Å². The van der Waals surface area contributed by atoms with Gasteiger partial charge in [0.1, 0.15) is 5.75 Å². The van der Waals surface area contributed by atoms with Gasteiger partial charge in [0.2, 0.25) is 0 Å². The highest BCUT2D eigenvalue weighted by molar-refractivity contribution is 6.21. The maximum Gasteiger partial charge on any atom is 0.119 e. The second-order valence-corrected chi connectivity index (χ2v) is 19.2. The smallest absolute Gasteiger partial charge is 0.119 e. The van der Waals surface area contributed by atoms with E-state index >= 15 is 0 Å². The van der Waals surface area contributed by atoms with Crippen molar-refractivity contribution < 1.29 is 4.74 Å². The molecule has 0 spiro atoms. The van der Waals surface area contributed by atoms with E-state index in [-0.39, 0.29) is 16.2 Å². The van der Waals surface area contributed by atoms with Gasteiger partial charge in [-0.15, -0.1) is 0 Å². The Bertz CT molecular complexity index is 3310. The van der Waals surface area contributed by atoms with E-state index in [1.807, 2.05) is 0 Å². The largest absolute Gasteiger partial charge is 0.497 e. The highest BCUT2D eigenvalue weighted by Gasteiger charge is 2.39. The lowest BCUT2D eigenvalue weighted by atomic mass is 9.79. The van der Waals surface area contributed by atoms with E-state index < -0.39 is 0 Å². The maximum atomic E-state index is 5.67. The van der Waals surface area contributed by atoms with Gasteiger partial charge in [-0.05, 0) is 158 Å². The quantitative estimate of drug-likeness (QED) is 0.162. The predicted molar refractivity (Wildman–Crippen MR) is 257 cm³/mol. The highest BCUT2D eigenvalue weighted by Crippen LogP contribution is 2.55. The van der Waals surface area contributed by atoms with Crippen LogP contribution in [0.1, 0.15) is 74.9 Å². The van der Waals surface area contributed by atoms with Crippen LogP contribution in [-0.2, 0) is 16.2 Å². The third-order valence-electron chi connectivity index (χ3n) is 15.0. The lowest BCUT2D eigenvalue weighted by molar-refractivity contribution is 0.413. The van der Waals surface area contributed by atoms with Crippen LogP contribution in [0.4, 0.5) is 0 Å². The molecule has 0 fully saturated rings. The van der Waals surface area contributed by atoms with Crippen LogP contribution in [0.5, 0.6) is 5.75 Å². The number of hydrogen-bond acceptors (Lipinski definition) is 1. The van der Waals surface area contributed by atoms with Crippen molar-refractivity contribution in [1.82, 2.24) is 0 Å². The van der Waals surface area contributed by atoms with Gasteiger partial charge in [0.25, 0.3) is 0 Å². The minimum atomic E-state index is -0.173. The van der Waals surface area contributed by atoms with Crippen LogP contribution < -0.4 is 4.74 Å². The van der Waals surface area contributed by atoms with Crippen molar-refractivity contribution in [3.05, 3.63) is 197 Å². The van der Waals surface area contributed by atoms with Crippen LogP contribution in [0.3, 0.4) is 0 Å². The van der Waals surface area contributed by atoms with Gasteiger partial charge in [0.15, 0.2) is 0 Å². The molecule has 1 heteroatoms. The minimum Gasteiger partial charge on any atom is -0.497 e. The van der Waals surface area contributed by atoms with E-state index in [2.05, 4.69) is 205 Å². The Hall–Kier alpha value is -6.70. The van der Waals surface area contributed by atoms with Gasteiger partial charge < -0.3 is 4.74 Å². The maximum absolute atomic E-state index is 5.67. The fraction of sp³-hybridized carbons (Fsp3) is 0.167. The summed E-state index contributed by atoms with van der Waals surface area (Å²) in [7, 11) is 1.75. The van der Waals surface area contributed by atoms with E-state index in [0.29, 0.717) is 0 Å². The summed E-state index contributed by atoms with van der Waals surface area (Å²) >= 11 is 0. The van der Waals surface area contributed by atoms with Gasteiger partial charge in [0.05, 0.1) is 7.11 Å². The number of benzene rings is 9. The van der Waals surface area contributed by atoms with Crippen molar-refractivity contribution >= 4 is 21.5 Å². The van der Waals surface area contributed by atoms with Gasteiger partial charge in [-0.1, -0.05) is 169 Å². The fourth-order valence-corrected chi connectivity index (χ4v) is 11.7. The number of rotatable bonds is 4. The summed E-state index contributed by atoms with van der Waals surface area (Å²) in [4.78, 5) is 0. The Morgan fingerprint density at radius 1 is 0.295 bits per heavy atom. The van der Waals surface area contributed by atoms with Crippen molar-refractivity contribution in [3.63, 3.8) is 0 Å². The van der Waals surface area contributed by atoms with Gasteiger partial charge in [-0.2, -0.15) is 0 Å². The third-order valence-corrected chi connectivity index (χ3v) is 15.0. The van der Waals surface area contributed by atoms with Crippen LogP contribution in [0.15, 0.2) is 164 Å². The van der Waals surface area contributed by atoms with Crippen LogP contribution >= 0.6 is 0 Å². The molecule has 12 rings (SSSR count). The summed E-state index contributed by atoms with van der Waals surface area (Å²) < 4.78 is 5.67. The van der Waals surface area contributed by atoms with Gasteiger partial charge in [0, 0.05) is 16.2 Å². The van der Waals surface area contributed by atoms with Crippen LogP contribution in [0, 0.1) is 0 Å². The molecule has 0 bridgehead atoms. The molecule has 0 N–H and O–H groups in total. The normalized spacial score (nSPS) is 15.5. The SMILES string of the molecule is COc1ccc2c(c1)C(C)(C)c1cc(-c3c4ccccc4c(-c4ccc5c(c4)C(C)(C)c4cc(-c6ccc7c(c6)C(C)(C)c6ccccc6-7)ccc4-5)c4ccccc34)ccc1-2. The minimum absolute atomic E-state index is 0.0309. The molecule has 0 saturated heterocycles. The molecule has 3 aliphatic carbocycles. The molecule has 61 heavy (non-hydrogen) atoms. The molecule has 1 nitrogen and oxygen atoms in total. The molecule has 0 radical (unpaired) electrons. The Morgan fingerprint density at radius 2 is 0.607 bits per heavy atom. The number of fused-ring (bicyclic) bond motifs is 11. The first-order valence-electron chi connectivity index (χ1n) is 21.8. The molecule has 9 aromatic rings. The molecule has 0 aliphatic heterocycles. The Morgan fingerprint density at radius 3 is 1.03 bits per heavy atom. The number of hydrogen-bond donors (Lipinski definition) is 0. The average Bonchev–Trinajstić information content (AvgIpc) is 3.76. The number of ether oxygens (including phenoxy) is 1. The molecular weight excluding hydrogens is 737 g/mol. The summed E-state index contributed by atoms with van der Waals surface area (Å²) in [6.07, 6.45) is 0. The molecule has 3 aliphatic rings. The first-order chi connectivity index (χ1) is 29.5. The molecule has 9 aromatic carbocycles. The van der Waals surface area contributed by atoms with E-state index in [0.717, 1.165) is 5.75 Å². The molecular formula is C60H48O. The van der Waals surface area contributed by atoms with Crippen LogP contribution in [0.2, 0.25) is 0 Å². The third kappa shape index (κ3) is 4.89. The van der Waals surface area contributed by atoms with Crippen molar-refractivity contribution in [3.8, 4) is 72.5 Å². The number of methoxy groups -OCH3 is 1. The zero-order chi connectivity index (χ0) is 41.6. The first kappa shape index (κ1) is 36.2. The summed E-state index contributed by atoms with van der Waals surface area (Å²) in [5.74, 6) is 0.905. The zero-order valence-corrected chi connectivity index (χ0v) is 36.0. The Labute approximate surface area is 359 Å². The van der Waals surface area contributed by atoms with Crippen molar-refractivity contribution in [2.24, 2.45) is 0 Å². The topological polar surface area (TPSA) is 9.23 Å². The average molecular weight is 785 g/mol. The van der Waals surface area contributed by atoms with Crippen LogP contribution in [0.25, 0.3) is 88.3 Å². The monoisotopic (exact) mass is 784 g/mol. The van der Waals surface area contributed by atoms with E-state index in [9.17, 15) is 0 Å². The molecule has 0 heterocycles. The van der Waals surface area contributed by atoms with E-state index in [1.165, 1.54) is 122 Å². The lowest BCUT2D eigenvalue weighted by Crippen LogP contribution is -2.15. The molecule has 0 aromatic heterocycles. The Kier molecular flexibility index (Phi) is 7.37. The summed E-state index contributed by atoms with van der Waals surface area (Å²) in [6.45, 7) is 14.3. The standard InChI is InChI=1S/C60H48O/c1-58(2)50-19-13-12-14-40(50)41-25-20-35(30-51(41)58)36-21-26-42-43-27-22-37(32-53(43)59(3,4)52(42)31-36)56-46-15-8-10-17-48(46)57(49-18-11-9-16-47(49)56)38-23-28-44-45-29-24-39(61-7)34-55(45)60(5,6)54(44)33-38/h8-34H,1-7H3. The molecule has 0 amide bonds. The summed E-state index contributed by atoms with van der Waals surface area (Å²) in [6, 6.07) is 62.3. The molecule has 0 atom stereocenters. The van der Waals surface area contributed by atoms with Crippen molar-refractivity contribution in [1.29, 1.82) is 0 Å². The van der Waals surface area contributed by atoms with Gasteiger partial charge in [-0.25, -0.2) is 0 Å². The predicted octanol–water partition coefficient (Wildman–Crippen LogP) is 15.9. The van der Waals surface area contributed by atoms with E-state index in [1.54, 1.807) is 7.11 Å². The Balaban J connectivity index is 0.973. The van der Waals surface area contributed by atoms with E-state index in [4.69, 9.17) is 4.74 Å². The van der Waals surface area contributed by atoms with Crippen LogP contribution in [-0.4, -0.2) is 7.11 Å². The molecule has 0 unspecified atom stereocenters. The molecule has 294 valence electrons. The molecule has 0 saturated carbocycles. The summed E-state index contributed by atoms with van der Waals surface area (Å²) in [5.41, 5.74) is 23.6. The second-order valence-electron chi connectivity index (χ2n) is 19.2. The fourth-order valence-electron chi connectivity index (χ4n) is 11.7. The zero-order valence-electron chi connectivity index (χ0n) is 36.0. The second kappa shape index (κ2) is 12.4. The van der Waals surface area contributed by atoms with Gasteiger partial charge >= 0.3 is 0 Å². The van der Waals surface area contributed by atoms with Gasteiger partial charge in [-0.3, -0.25) is 0 Å². The first-order valence-corrected chi connectivity index (χ1v) is 21.8. The lowest BCUT2D eigenvalue weighted by Gasteiger charge is -2.24.